The van der Waals surface area contributed by atoms with Gasteiger partial charge in [0.15, 0.2) is 11.6 Å². The topological polar surface area (TPSA) is 54.4 Å². The van der Waals surface area contributed by atoms with Crippen molar-refractivity contribution in [2.24, 2.45) is 5.92 Å². The summed E-state index contributed by atoms with van der Waals surface area (Å²) in [4.78, 5) is 25.5. The highest BCUT2D eigenvalue weighted by Crippen LogP contribution is 2.55. The zero-order valence-corrected chi connectivity index (χ0v) is 15.4. The van der Waals surface area contributed by atoms with E-state index in [1.54, 1.807) is 25.1 Å². The lowest BCUT2D eigenvalue weighted by atomic mass is 9.62. The van der Waals surface area contributed by atoms with Crippen molar-refractivity contribution in [2.45, 2.75) is 23.6 Å². The van der Waals surface area contributed by atoms with Crippen LogP contribution in [-0.4, -0.2) is 21.0 Å². The Morgan fingerprint density at radius 3 is 2.79 bits per heavy atom. The van der Waals surface area contributed by atoms with Crippen molar-refractivity contribution < 1.29 is 14.7 Å². The summed E-state index contributed by atoms with van der Waals surface area (Å²) >= 11 is 9.69. The molecule has 1 aromatic carbocycles. The Labute approximate surface area is 153 Å². The highest BCUT2D eigenvalue weighted by atomic mass is 79.9. The van der Waals surface area contributed by atoms with Gasteiger partial charge in [-0.05, 0) is 48.8 Å². The van der Waals surface area contributed by atoms with Gasteiger partial charge in [0.2, 0.25) is 0 Å². The first kappa shape index (κ1) is 17.2. The molecule has 3 rings (SSSR count). The highest BCUT2D eigenvalue weighted by Gasteiger charge is 2.56. The smallest absolute Gasteiger partial charge is 0.174 e. The third-order valence-electron chi connectivity index (χ3n) is 4.82. The molecule has 0 bridgehead atoms. The predicted molar refractivity (Wildman–Crippen MR) is 97.7 cm³/mol. The molecule has 1 N–H and O–H groups in total. The number of fused-ring (bicyclic) bond motifs is 1. The number of rotatable bonds is 2. The molecule has 2 aliphatic rings. The second-order valence-corrected chi connectivity index (χ2v) is 7.91. The van der Waals surface area contributed by atoms with Crippen LogP contribution in [0.15, 0.2) is 54.2 Å². The molecule has 0 spiro atoms. The predicted octanol–water partition coefficient (Wildman–Crippen LogP) is 4.49. The molecule has 0 radical (unpaired) electrons. The molecule has 3 atom stereocenters. The fourth-order valence-electron chi connectivity index (χ4n) is 3.62. The maximum absolute atomic E-state index is 12.9. The monoisotopic (exact) mass is 406 g/mol. The van der Waals surface area contributed by atoms with E-state index in [4.69, 9.17) is 11.6 Å². The molecule has 3 nitrogen and oxygen atoms in total. The SMILES string of the molecule is C=CC1=CCC2C(=O)C(C)=CC(=O)C2(Br)C1c1cc(Cl)ccc1O. The van der Waals surface area contributed by atoms with Gasteiger partial charge in [-0.3, -0.25) is 9.59 Å². The third kappa shape index (κ3) is 2.40. The number of benzene rings is 1. The van der Waals surface area contributed by atoms with E-state index in [0.717, 1.165) is 5.57 Å². The Balaban J connectivity index is 2.28. The van der Waals surface area contributed by atoms with E-state index in [1.165, 1.54) is 12.1 Å². The quantitative estimate of drug-likeness (QED) is 0.735. The molecule has 0 fully saturated rings. The van der Waals surface area contributed by atoms with Crippen LogP contribution in [0.2, 0.25) is 5.02 Å². The average molecular weight is 408 g/mol. The first-order valence-electron chi connectivity index (χ1n) is 7.57. The summed E-state index contributed by atoms with van der Waals surface area (Å²) in [7, 11) is 0. The van der Waals surface area contributed by atoms with E-state index in [9.17, 15) is 14.7 Å². The van der Waals surface area contributed by atoms with Gasteiger partial charge in [-0.1, -0.05) is 46.3 Å². The Bertz CT molecular complexity index is 824. The number of phenolic OH excluding ortho intramolecular Hbond substituents is 1. The Morgan fingerprint density at radius 1 is 1.42 bits per heavy atom. The van der Waals surface area contributed by atoms with Crippen LogP contribution in [0.3, 0.4) is 0 Å². The van der Waals surface area contributed by atoms with Gasteiger partial charge in [-0.2, -0.15) is 0 Å². The van der Waals surface area contributed by atoms with Gasteiger partial charge in [0.05, 0.1) is 0 Å². The molecule has 1 aromatic rings. The molecule has 0 saturated carbocycles. The highest BCUT2D eigenvalue weighted by molar-refractivity contribution is 9.10. The van der Waals surface area contributed by atoms with Crippen LogP contribution in [0.25, 0.3) is 0 Å². The number of phenols is 1. The summed E-state index contributed by atoms with van der Waals surface area (Å²) in [6.07, 6.45) is 5.40. The number of halogens is 2. The minimum Gasteiger partial charge on any atom is -0.508 e. The van der Waals surface area contributed by atoms with Gasteiger partial charge < -0.3 is 5.11 Å². The van der Waals surface area contributed by atoms with Crippen LogP contribution in [0.1, 0.15) is 24.8 Å². The molecule has 124 valence electrons. The zero-order valence-electron chi connectivity index (χ0n) is 13.1. The van der Waals surface area contributed by atoms with E-state index in [2.05, 4.69) is 22.5 Å². The number of Topliss-reactive ketones (excluding diaryl/α,β-unsaturated/α-hetero) is 1. The Hall–Kier alpha value is -1.65. The lowest BCUT2D eigenvalue weighted by Crippen LogP contribution is -2.52. The molecule has 0 amide bonds. The molecule has 0 aromatic heterocycles. The summed E-state index contributed by atoms with van der Waals surface area (Å²) in [5, 5.41) is 10.8. The largest absolute Gasteiger partial charge is 0.508 e. The fraction of sp³-hybridized carbons (Fsp3) is 0.263. The summed E-state index contributed by atoms with van der Waals surface area (Å²) < 4.78 is -1.15. The van der Waals surface area contributed by atoms with Crippen LogP contribution < -0.4 is 0 Å². The first-order valence-corrected chi connectivity index (χ1v) is 8.74. The van der Waals surface area contributed by atoms with E-state index in [1.807, 2.05) is 6.08 Å². The van der Waals surface area contributed by atoms with Crippen molar-refractivity contribution in [3.8, 4) is 5.75 Å². The van der Waals surface area contributed by atoms with Crippen LogP contribution in [0.4, 0.5) is 0 Å². The first-order chi connectivity index (χ1) is 11.3. The minimum atomic E-state index is -1.15. The normalized spacial score (nSPS) is 29.6. The number of allylic oxidation sites excluding steroid dienone is 5. The molecular weight excluding hydrogens is 392 g/mol. The fourth-order valence-corrected chi connectivity index (χ4v) is 4.82. The number of aromatic hydroxyl groups is 1. The summed E-state index contributed by atoms with van der Waals surface area (Å²) in [6, 6.07) is 4.71. The third-order valence-corrected chi connectivity index (χ3v) is 6.45. The van der Waals surface area contributed by atoms with Crippen LogP contribution in [0, 0.1) is 5.92 Å². The van der Waals surface area contributed by atoms with Crippen LogP contribution in [-0.2, 0) is 9.59 Å². The number of ketones is 2. The number of hydrogen-bond donors (Lipinski definition) is 1. The minimum absolute atomic E-state index is 0.0307. The van der Waals surface area contributed by atoms with E-state index < -0.39 is 16.2 Å². The molecule has 3 unspecified atom stereocenters. The number of carbonyl (C=O) groups excluding carboxylic acids is 2. The molecular formula is C19H16BrClO3. The maximum atomic E-state index is 12.9. The van der Waals surface area contributed by atoms with Crippen molar-refractivity contribution in [3.05, 3.63) is 64.7 Å². The molecule has 0 saturated heterocycles. The molecule has 0 heterocycles. The average Bonchev–Trinajstić information content (AvgIpc) is 2.55. The molecule has 2 aliphatic carbocycles. The van der Waals surface area contributed by atoms with Gasteiger partial charge in [0, 0.05) is 22.4 Å². The van der Waals surface area contributed by atoms with Crippen molar-refractivity contribution >= 4 is 39.1 Å². The number of hydrogen-bond acceptors (Lipinski definition) is 3. The summed E-state index contributed by atoms with van der Waals surface area (Å²) in [5.41, 5.74) is 1.75. The lowest BCUT2D eigenvalue weighted by molar-refractivity contribution is -0.128. The molecule has 5 heteroatoms. The van der Waals surface area contributed by atoms with Crippen molar-refractivity contribution in [1.82, 2.24) is 0 Å². The summed E-state index contributed by atoms with van der Waals surface area (Å²) in [6.45, 7) is 5.48. The van der Waals surface area contributed by atoms with Gasteiger partial charge >= 0.3 is 0 Å². The van der Waals surface area contributed by atoms with Crippen molar-refractivity contribution in [2.75, 3.05) is 0 Å². The van der Waals surface area contributed by atoms with Crippen LogP contribution >= 0.6 is 27.5 Å². The van der Waals surface area contributed by atoms with E-state index >= 15 is 0 Å². The van der Waals surface area contributed by atoms with E-state index in [0.29, 0.717) is 22.6 Å². The van der Waals surface area contributed by atoms with Gasteiger partial charge in [0.25, 0.3) is 0 Å². The zero-order chi connectivity index (χ0) is 17.6. The van der Waals surface area contributed by atoms with Gasteiger partial charge in [0.1, 0.15) is 10.1 Å². The van der Waals surface area contributed by atoms with E-state index in [-0.39, 0.29) is 17.3 Å². The van der Waals surface area contributed by atoms with Gasteiger partial charge in [-0.15, -0.1) is 0 Å². The maximum Gasteiger partial charge on any atom is 0.174 e. The Kier molecular flexibility index (Phi) is 4.30. The lowest BCUT2D eigenvalue weighted by Gasteiger charge is -2.45. The standard InChI is InChI=1S/C19H16BrClO3/c1-3-11-4-6-14-18(24)10(2)8-16(23)19(14,20)17(11)13-9-12(21)5-7-15(13)22/h3-5,7-9,14,17,22H,1,6H2,2H3. The molecule has 0 aliphatic heterocycles. The van der Waals surface area contributed by atoms with Gasteiger partial charge in [-0.25, -0.2) is 0 Å². The van der Waals surface area contributed by atoms with Crippen molar-refractivity contribution in [1.29, 1.82) is 0 Å². The number of carbonyl (C=O) groups is 2. The number of alkyl halides is 1. The summed E-state index contributed by atoms with van der Waals surface area (Å²) in [5.74, 6) is -1.28. The second kappa shape index (κ2) is 6.01. The van der Waals surface area contributed by atoms with Crippen molar-refractivity contribution in [3.63, 3.8) is 0 Å². The Morgan fingerprint density at radius 2 is 2.12 bits per heavy atom. The molecule has 24 heavy (non-hydrogen) atoms. The second-order valence-electron chi connectivity index (χ2n) is 6.16. The van der Waals surface area contributed by atoms with Crippen LogP contribution in [0.5, 0.6) is 5.75 Å².